The monoisotopic (exact) mass is 364 g/mol. The lowest BCUT2D eigenvalue weighted by Crippen LogP contribution is -2.42. The predicted octanol–water partition coefficient (Wildman–Crippen LogP) is 2.65. The number of aromatic amines is 1. The Kier molecular flexibility index (Phi) is 8.35. The first-order valence-electron chi connectivity index (χ1n) is 9.35. The van der Waals surface area contributed by atoms with E-state index in [0.717, 1.165) is 25.7 Å². The molecule has 0 unspecified atom stereocenters. The summed E-state index contributed by atoms with van der Waals surface area (Å²) in [5.74, 6) is 0.144. The molecule has 1 rings (SSSR count). The highest BCUT2D eigenvalue weighted by atomic mass is 16.2. The molecule has 3 N–H and O–H groups in total. The molecule has 0 aromatic carbocycles. The van der Waals surface area contributed by atoms with Gasteiger partial charge < -0.3 is 10.6 Å². The molecule has 1 aromatic rings. The van der Waals surface area contributed by atoms with Gasteiger partial charge in [0.1, 0.15) is 5.82 Å². The van der Waals surface area contributed by atoms with Crippen molar-refractivity contribution < 1.29 is 4.79 Å². The van der Waals surface area contributed by atoms with Gasteiger partial charge in [-0.3, -0.25) is 19.1 Å². The number of amides is 1. The number of H-pyrrole nitrogens is 1. The fourth-order valence-corrected chi connectivity index (χ4v) is 2.68. The molecule has 0 aliphatic carbocycles. The molecule has 1 heterocycles. The van der Waals surface area contributed by atoms with Crippen LogP contribution < -0.4 is 21.9 Å². The lowest BCUT2D eigenvalue weighted by molar-refractivity contribution is -0.115. The molecule has 0 radical (unpaired) electrons. The average molecular weight is 364 g/mol. The van der Waals surface area contributed by atoms with E-state index in [9.17, 15) is 14.4 Å². The average Bonchev–Trinajstić information content (AvgIpc) is 2.56. The second kappa shape index (κ2) is 9.99. The second-order valence-electron chi connectivity index (χ2n) is 6.93. The van der Waals surface area contributed by atoms with Gasteiger partial charge in [-0.15, -0.1) is 0 Å². The number of nitrogens with zero attached hydrogens (tertiary/aromatic N) is 2. The summed E-state index contributed by atoms with van der Waals surface area (Å²) in [6.45, 7) is 10.5. The first-order valence-corrected chi connectivity index (χ1v) is 9.35. The Bertz CT molecular complexity index is 759. The SMILES string of the molecule is CC/C=C(\C)C(=O)N(CCC(C)C)c1c(N)n(CCCC)c(=O)[nH]c1=O. The molecule has 7 heteroatoms. The minimum absolute atomic E-state index is 0.0496. The van der Waals surface area contributed by atoms with Gasteiger partial charge in [-0.05, 0) is 32.1 Å². The van der Waals surface area contributed by atoms with Crippen molar-refractivity contribution in [3.63, 3.8) is 0 Å². The summed E-state index contributed by atoms with van der Waals surface area (Å²) in [6.07, 6.45) is 4.90. The molecular formula is C19H32N4O3. The number of carbonyl (C=O) groups excluding carboxylic acids is 1. The number of carbonyl (C=O) groups is 1. The van der Waals surface area contributed by atoms with Crippen LogP contribution in [0.3, 0.4) is 0 Å². The van der Waals surface area contributed by atoms with Gasteiger partial charge in [0.25, 0.3) is 11.5 Å². The van der Waals surface area contributed by atoms with Gasteiger partial charge in [-0.25, -0.2) is 4.79 Å². The van der Waals surface area contributed by atoms with Crippen LogP contribution in [0.4, 0.5) is 11.5 Å². The molecule has 0 aliphatic heterocycles. The van der Waals surface area contributed by atoms with E-state index in [2.05, 4.69) is 4.98 Å². The Labute approximate surface area is 154 Å². The highest BCUT2D eigenvalue weighted by Crippen LogP contribution is 2.21. The molecule has 0 fully saturated rings. The number of rotatable bonds is 9. The molecule has 1 aromatic heterocycles. The summed E-state index contributed by atoms with van der Waals surface area (Å²) in [6, 6.07) is 0. The maximum Gasteiger partial charge on any atom is 0.330 e. The zero-order chi connectivity index (χ0) is 19.9. The number of unbranched alkanes of at least 4 members (excludes halogenated alkanes) is 1. The third-order valence-corrected chi connectivity index (χ3v) is 4.24. The minimum atomic E-state index is -0.623. The Hall–Kier alpha value is -2.31. The van der Waals surface area contributed by atoms with E-state index in [1.54, 1.807) is 6.92 Å². The topological polar surface area (TPSA) is 101 Å². The van der Waals surface area contributed by atoms with Crippen LogP contribution in [0.1, 0.15) is 60.3 Å². The van der Waals surface area contributed by atoms with Crippen molar-refractivity contribution in [2.75, 3.05) is 17.2 Å². The highest BCUT2D eigenvalue weighted by Gasteiger charge is 2.25. The Morgan fingerprint density at radius 2 is 1.96 bits per heavy atom. The smallest absolute Gasteiger partial charge is 0.330 e. The Morgan fingerprint density at radius 3 is 2.50 bits per heavy atom. The van der Waals surface area contributed by atoms with E-state index in [1.165, 1.54) is 9.47 Å². The summed E-state index contributed by atoms with van der Waals surface area (Å²) in [7, 11) is 0. The number of nitrogens with one attached hydrogen (secondary N) is 1. The summed E-state index contributed by atoms with van der Waals surface area (Å²) >= 11 is 0. The molecule has 0 spiro atoms. The molecule has 0 atom stereocenters. The zero-order valence-corrected chi connectivity index (χ0v) is 16.6. The maximum absolute atomic E-state index is 12.9. The summed E-state index contributed by atoms with van der Waals surface area (Å²) in [5, 5.41) is 0. The van der Waals surface area contributed by atoms with Crippen LogP contribution >= 0.6 is 0 Å². The Balaban J connectivity index is 3.49. The third-order valence-electron chi connectivity index (χ3n) is 4.24. The normalized spacial score (nSPS) is 11.8. The first-order chi connectivity index (χ1) is 12.2. The van der Waals surface area contributed by atoms with Crippen LogP contribution in [0.2, 0.25) is 0 Å². The van der Waals surface area contributed by atoms with Gasteiger partial charge in [0.15, 0.2) is 5.69 Å². The first kappa shape index (κ1) is 21.7. The van der Waals surface area contributed by atoms with Crippen LogP contribution in [0.25, 0.3) is 0 Å². The number of hydrogen-bond acceptors (Lipinski definition) is 4. The zero-order valence-electron chi connectivity index (χ0n) is 16.6. The summed E-state index contributed by atoms with van der Waals surface area (Å²) in [4.78, 5) is 41.3. The second-order valence-corrected chi connectivity index (χ2v) is 6.93. The van der Waals surface area contributed by atoms with Gasteiger partial charge in [-0.2, -0.15) is 0 Å². The lowest BCUT2D eigenvalue weighted by atomic mass is 10.1. The molecule has 26 heavy (non-hydrogen) atoms. The number of nitrogens with two attached hydrogens (primary N) is 1. The fourth-order valence-electron chi connectivity index (χ4n) is 2.68. The molecule has 1 amide bonds. The number of anilines is 2. The number of hydrogen-bond donors (Lipinski definition) is 2. The summed E-state index contributed by atoms with van der Waals surface area (Å²) < 4.78 is 1.34. The standard InChI is InChI=1S/C19H32N4O3/c1-6-8-11-23-16(20)15(17(24)21-19(23)26)22(12-10-13(3)4)18(25)14(5)9-7-2/h9,13H,6-8,10-12,20H2,1-5H3,(H,21,24,26)/b14-9+. The number of allylic oxidation sites excluding steroid dienone is 1. The van der Waals surface area contributed by atoms with Crippen molar-refractivity contribution in [2.45, 2.75) is 66.8 Å². The molecule has 0 bridgehead atoms. The van der Waals surface area contributed by atoms with E-state index >= 15 is 0 Å². The quantitative estimate of drug-likeness (QED) is 0.658. The van der Waals surface area contributed by atoms with Crippen LogP contribution in [0.15, 0.2) is 21.2 Å². The van der Waals surface area contributed by atoms with Crippen molar-refractivity contribution >= 4 is 17.4 Å². The van der Waals surface area contributed by atoms with E-state index in [4.69, 9.17) is 5.73 Å². The molecule has 7 nitrogen and oxygen atoms in total. The van der Waals surface area contributed by atoms with Gasteiger partial charge in [0, 0.05) is 18.7 Å². The van der Waals surface area contributed by atoms with Gasteiger partial charge in [0.2, 0.25) is 0 Å². The van der Waals surface area contributed by atoms with E-state index in [0.29, 0.717) is 24.6 Å². The van der Waals surface area contributed by atoms with Crippen molar-refractivity contribution in [1.82, 2.24) is 9.55 Å². The van der Waals surface area contributed by atoms with Crippen molar-refractivity contribution in [2.24, 2.45) is 5.92 Å². The molecule has 0 aliphatic rings. The fraction of sp³-hybridized carbons (Fsp3) is 0.632. The molecular weight excluding hydrogens is 332 g/mol. The van der Waals surface area contributed by atoms with Crippen LogP contribution in [0.5, 0.6) is 0 Å². The van der Waals surface area contributed by atoms with Gasteiger partial charge in [0.05, 0.1) is 0 Å². The maximum atomic E-state index is 12.9. The molecule has 146 valence electrons. The predicted molar refractivity (Wildman–Crippen MR) is 106 cm³/mol. The summed E-state index contributed by atoms with van der Waals surface area (Å²) in [5.41, 5.74) is 5.63. The Morgan fingerprint density at radius 1 is 1.31 bits per heavy atom. The van der Waals surface area contributed by atoms with E-state index in [-0.39, 0.29) is 17.4 Å². The molecule has 0 saturated heterocycles. The van der Waals surface area contributed by atoms with Crippen molar-refractivity contribution in [3.8, 4) is 0 Å². The number of nitrogen functional groups attached to an aromatic ring is 1. The lowest BCUT2D eigenvalue weighted by Gasteiger charge is -2.25. The van der Waals surface area contributed by atoms with Crippen LogP contribution in [-0.2, 0) is 11.3 Å². The van der Waals surface area contributed by atoms with Crippen LogP contribution in [0, 0.1) is 5.92 Å². The van der Waals surface area contributed by atoms with Crippen LogP contribution in [-0.4, -0.2) is 22.0 Å². The van der Waals surface area contributed by atoms with Crippen molar-refractivity contribution in [1.29, 1.82) is 0 Å². The van der Waals surface area contributed by atoms with Gasteiger partial charge >= 0.3 is 5.69 Å². The van der Waals surface area contributed by atoms with Gasteiger partial charge in [-0.1, -0.05) is 40.2 Å². The molecule has 0 saturated carbocycles. The highest BCUT2D eigenvalue weighted by molar-refractivity contribution is 6.06. The third kappa shape index (κ3) is 5.34. The van der Waals surface area contributed by atoms with E-state index in [1.807, 2.05) is 33.8 Å². The minimum Gasteiger partial charge on any atom is -0.383 e. The number of aromatic nitrogens is 2. The van der Waals surface area contributed by atoms with Crippen molar-refractivity contribution in [3.05, 3.63) is 32.5 Å². The van der Waals surface area contributed by atoms with E-state index < -0.39 is 11.2 Å². The largest absolute Gasteiger partial charge is 0.383 e.